The largest absolute Gasteiger partial charge is 0.455 e. The van der Waals surface area contributed by atoms with Crippen molar-refractivity contribution in [3.8, 4) is 39.9 Å². The van der Waals surface area contributed by atoms with Gasteiger partial charge in [0.15, 0.2) is 17.5 Å². The van der Waals surface area contributed by atoms with Gasteiger partial charge in [0.05, 0.1) is 22.3 Å². The van der Waals surface area contributed by atoms with Gasteiger partial charge in [-0.25, -0.2) is 15.0 Å². The van der Waals surface area contributed by atoms with E-state index in [2.05, 4.69) is 211 Å². The predicted molar refractivity (Wildman–Crippen MR) is 265 cm³/mol. The van der Waals surface area contributed by atoms with Crippen LogP contribution in [0.5, 0.6) is 0 Å². The van der Waals surface area contributed by atoms with Crippen molar-refractivity contribution >= 4 is 97.6 Å². The molecule has 0 spiro atoms. The van der Waals surface area contributed by atoms with Gasteiger partial charge in [0.1, 0.15) is 11.2 Å². The Morgan fingerprint density at radius 1 is 0.312 bits per heavy atom. The van der Waals surface area contributed by atoms with Crippen LogP contribution in [0.4, 0.5) is 0 Å². The van der Waals surface area contributed by atoms with Crippen LogP contribution < -0.4 is 0 Å². The lowest BCUT2D eigenvalue weighted by molar-refractivity contribution is 0.673. The van der Waals surface area contributed by atoms with E-state index in [1.165, 1.54) is 26.9 Å². The molecule has 296 valence electrons. The van der Waals surface area contributed by atoms with Crippen LogP contribution >= 0.6 is 0 Å². The maximum Gasteiger partial charge on any atom is 0.170 e. The molecular weight excluding hydrogens is 781 g/mol. The summed E-state index contributed by atoms with van der Waals surface area (Å²) in [5.74, 6) is 1.70. The van der Waals surface area contributed by atoms with Crippen molar-refractivity contribution in [3.63, 3.8) is 0 Å². The minimum absolute atomic E-state index is 0.529. The quantitative estimate of drug-likeness (QED) is 0.166. The number of furan rings is 1. The van der Waals surface area contributed by atoms with Crippen LogP contribution in [0, 0.1) is 0 Å². The second kappa shape index (κ2) is 13.4. The maximum atomic E-state index is 7.25. The molecule has 11 aromatic carbocycles. The Morgan fingerprint density at radius 3 is 1.72 bits per heavy atom. The molecule has 0 saturated heterocycles. The Kier molecular flexibility index (Phi) is 7.33. The fraction of sp³-hybridized carbons (Fsp3) is 0. The van der Waals surface area contributed by atoms with Crippen LogP contribution in [0.15, 0.2) is 211 Å². The Bertz CT molecular complexity index is 4270. The summed E-state index contributed by atoms with van der Waals surface area (Å²) < 4.78 is 9.62. The second-order valence-electron chi connectivity index (χ2n) is 16.7. The van der Waals surface area contributed by atoms with Crippen LogP contribution in [0.3, 0.4) is 0 Å². The van der Waals surface area contributed by atoms with Crippen molar-refractivity contribution in [3.05, 3.63) is 206 Å². The minimum Gasteiger partial charge on any atom is -0.455 e. The van der Waals surface area contributed by atoms with E-state index in [0.29, 0.717) is 17.5 Å². The highest BCUT2D eigenvalue weighted by atomic mass is 16.3. The molecule has 0 saturated carbocycles. The van der Waals surface area contributed by atoms with Gasteiger partial charge in [-0.15, -0.1) is 0 Å². The van der Waals surface area contributed by atoms with E-state index >= 15 is 0 Å². The topological polar surface area (TPSA) is 56.7 Å². The van der Waals surface area contributed by atoms with Gasteiger partial charge in [-0.1, -0.05) is 158 Å². The Balaban J connectivity index is 1.15. The molecule has 0 fully saturated rings. The summed E-state index contributed by atoms with van der Waals surface area (Å²) in [5, 5.41) is 15.7. The summed E-state index contributed by atoms with van der Waals surface area (Å²) in [6, 6.07) is 73.3. The molecule has 0 aliphatic rings. The van der Waals surface area contributed by atoms with Crippen LogP contribution in [0.25, 0.3) is 137 Å². The van der Waals surface area contributed by atoms with Crippen LogP contribution in [-0.2, 0) is 0 Å². The number of benzene rings is 11. The molecular formula is C59H34N4O. The molecule has 5 heteroatoms. The van der Waals surface area contributed by atoms with Gasteiger partial charge >= 0.3 is 0 Å². The molecule has 0 aliphatic heterocycles. The van der Waals surface area contributed by atoms with Crippen molar-refractivity contribution in [2.45, 2.75) is 0 Å². The molecule has 0 bridgehead atoms. The second-order valence-corrected chi connectivity index (χ2v) is 16.7. The average Bonchev–Trinajstić information content (AvgIpc) is 3.90. The molecule has 64 heavy (non-hydrogen) atoms. The summed E-state index contributed by atoms with van der Waals surface area (Å²) >= 11 is 0. The minimum atomic E-state index is 0.529. The van der Waals surface area contributed by atoms with Crippen molar-refractivity contribution in [1.29, 1.82) is 0 Å². The maximum absolute atomic E-state index is 7.25. The Hall–Kier alpha value is -8.67. The summed E-state index contributed by atoms with van der Waals surface area (Å²) in [7, 11) is 0. The first-order chi connectivity index (χ1) is 31.7. The van der Waals surface area contributed by atoms with E-state index in [0.717, 1.165) is 93.1 Å². The number of fused-ring (bicyclic) bond motifs is 13. The third-order valence-electron chi connectivity index (χ3n) is 13.2. The third-order valence-corrected chi connectivity index (χ3v) is 13.2. The Morgan fingerprint density at radius 2 is 0.891 bits per heavy atom. The van der Waals surface area contributed by atoms with Gasteiger partial charge in [-0.05, 0) is 97.0 Å². The SMILES string of the molecule is c1ccc2cc(-c3nc(-c4cc5ccccc5c5ccccc45)nc(-c4c(-n5c6ccccc6c6cc7ccccc7cc65)ccc5c4oc4c6ccccc6ccc54)n3)ccc2c1. The van der Waals surface area contributed by atoms with Gasteiger partial charge < -0.3 is 8.98 Å². The summed E-state index contributed by atoms with van der Waals surface area (Å²) in [5.41, 5.74) is 7.29. The van der Waals surface area contributed by atoms with Crippen LogP contribution in [0.2, 0.25) is 0 Å². The van der Waals surface area contributed by atoms with Gasteiger partial charge in [0.25, 0.3) is 0 Å². The Labute approximate surface area is 366 Å². The van der Waals surface area contributed by atoms with E-state index in [4.69, 9.17) is 19.4 Å². The highest BCUT2D eigenvalue weighted by Gasteiger charge is 2.26. The van der Waals surface area contributed by atoms with Crippen molar-refractivity contribution in [2.24, 2.45) is 0 Å². The van der Waals surface area contributed by atoms with Crippen molar-refractivity contribution in [1.82, 2.24) is 19.5 Å². The molecule has 14 aromatic rings. The fourth-order valence-electron chi connectivity index (χ4n) is 10.2. The number of aromatic nitrogens is 4. The van der Waals surface area contributed by atoms with Gasteiger partial charge in [-0.2, -0.15) is 0 Å². The first kappa shape index (κ1) is 35.0. The highest BCUT2D eigenvalue weighted by Crippen LogP contribution is 2.45. The molecule has 3 aromatic heterocycles. The molecule has 0 amide bonds. The average molecular weight is 815 g/mol. The summed E-state index contributed by atoms with van der Waals surface area (Å²) in [4.78, 5) is 16.5. The standard InChI is InChI=1S/C59H34N4O/c1-2-15-37-31-41(26-25-35(37)13-1)57-60-58(50-33-40-18-6-7-19-42(40)44-21-9-10-22-45(44)50)62-59(61-57)54-52(30-29-48-47-28-27-36-14-5-8-20-43(36)55(47)64-56(48)54)63-51-24-12-11-23-46(51)49-32-38-16-3-4-17-39(38)34-53(49)63/h1-34H. The van der Waals surface area contributed by atoms with Crippen LogP contribution in [-0.4, -0.2) is 19.5 Å². The van der Waals surface area contributed by atoms with Gasteiger partial charge in [-0.3, -0.25) is 0 Å². The van der Waals surface area contributed by atoms with E-state index in [9.17, 15) is 0 Å². The summed E-state index contributed by atoms with van der Waals surface area (Å²) in [6.45, 7) is 0. The number of rotatable bonds is 4. The van der Waals surface area contributed by atoms with Crippen LogP contribution in [0.1, 0.15) is 0 Å². The number of hydrogen-bond acceptors (Lipinski definition) is 4. The number of hydrogen-bond donors (Lipinski definition) is 0. The van der Waals surface area contributed by atoms with E-state index in [1.54, 1.807) is 0 Å². The lowest BCUT2D eigenvalue weighted by atomic mass is 9.96. The molecule has 0 aliphatic carbocycles. The number of nitrogens with zero attached hydrogens (tertiary/aromatic N) is 4. The predicted octanol–water partition coefficient (Wildman–Crippen LogP) is 15.6. The molecule has 0 radical (unpaired) electrons. The smallest absolute Gasteiger partial charge is 0.170 e. The monoisotopic (exact) mass is 814 g/mol. The lowest BCUT2D eigenvalue weighted by Crippen LogP contribution is -2.04. The zero-order valence-electron chi connectivity index (χ0n) is 34.3. The van der Waals surface area contributed by atoms with Gasteiger partial charge in [0, 0.05) is 38.1 Å². The highest BCUT2D eigenvalue weighted by molar-refractivity contribution is 6.20. The third kappa shape index (κ3) is 5.15. The molecule has 0 unspecified atom stereocenters. The first-order valence-corrected chi connectivity index (χ1v) is 21.7. The first-order valence-electron chi connectivity index (χ1n) is 21.7. The molecule has 5 nitrogen and oxygen atoms in total. The van der Waals surface area contributed by atoms with Crippen molar-refractivity contribution in [2.75, 3.05) is 0 Å². The fourth-order valence-corrected chi connectivity index (χ4v) is 10.2. The lowest BCUT2D eigenvalue weighted by Gasteiger charge is -2.16. The molecule has 0 atom stereocenters. The van der Waals surface area contributed by atoms with Crippen molar-refractivity contribution < 1.29 is 4.42 Å². The molecule has 3 heterocycles. The van der Waals surface area contributed by atoms with Gasteiger partial charge in [0.2, 0.25) is 0 Å². The zero-order chi connectivity index (χ0) is 41.9. The van der Waals surface area contributed by atoms with E-state index < -0.39 is 0 Å². The van der Waals surface area contributed by atoms with E-state index in [1.807, 2.05) is 0 Å². The number of para-hydroxylation sites is 1. The van der Waals surface area contributed by atoms with E-state index in [-0.39, 0.29) is 0 Å². The molecule has 0 N–H and O–H groups in total. The zero-order valence-corrected chi connectivity index (χ0v) is 34.3. The molecule has 14 rings (SSSR count). The normalized spacial score (nSPS) is 12.1. The summed E-state index contributed by atoms with van der Waals surface area (Å²) in [6.07, 6.45) is 0.